The van der Waals surface area contributed by atoms with Gasteiger partial charge in [0.1, 0.15) is 0 Å². The second-order valence-electron chi connectivity index (χ2n) is 9.13. The van der Waals surface area contributed by atoms with Crippen LogP contribution in [0.3, 0.4) is 0 Å². The van der Waals surface area contributed by atoms with E-state index in [4.69, 9.17) is 9.47 Å². The minimum atomic E-state index is -1.21. The molecule has 4 aromatic rings. The molecular formula is C33H28O12. The fourth-order valence-electron chi connectivity index (χ4n) is 4.04. The smallest absolute Gasteiger partial charge is 0.432 e. The maximum Gasteiger partial charge on any atom is 0.543 e. The summed E-state index contributed by atoms with van der Waals surface area (Å²) >= 11 is 0. The molecule has 0 aliphatic carbocycles. The highest BCUT2D eigenvalue weighted by atomic mass is 17.5. The van der Waals surface area contributed by atoms with Gasteiger partial charge in [-0.2, -0.15) is 0 Å². The van der Waals surface area contributed by atoms with Crippen molar-refractivity contribution in [2.45, 2.75) is 19.3 Å². The molecule has 12 heteroatoms. The van der Waals surface area contributed by atoms with E-state index in [0.717, 1.165) is 11.1 Å². The molecule has 45 heavy (non-hydrogen) atoms. The number of carbonyl (C=O) groups is 4. The van der Waals surface area contributed by atoms with E-state index < -0.39 is 24.2 Å². The van der Waals surface area contributed by atoms with Gasteiger partial charge in [0.05, 0.1) is 34.4 Å². The average Bonchev–Trinajstić information content (AvgIpc) is 3.08. The number of hydrogen-bond acceptors (Lipinski definition) is 12. The molecule has 0 bridgehead atoms. The van der Waals surface area contributed by atoms with Crippen LogP contribution in [0, 0.1) is 0 Å². The molecule has 0 aromatic heterocycles. The van der Waals surface area contributed by atoms with Crippen molar-refractivity contribution in [3.8, 4) is 22.3 Å². The first kappa shape index (κ1) is 32.2. The van der Waals surface area contributed by atoms with Crippen LogP contribution in [0.4, 0.5) is 9.59 Å². The van der Waals surface area contributed by atoms with Crippen molar-refractivity contribution in [1.29, 1.82) is 0 Å². The van der Waals surface area contributed by atoms with Crippen molar-refractivity contribution < 1.29 is 58.3 Å². The van der Waals surface area contributed by atoms with Crippen molar-refractivity contribution in [1.82, 2.24) is 0 Å². The van der Waals surface area contributed by atoms with E-state index in [1.54, 1.807) is 48.5 Å². The van der Waals surface area contributed by atoms with E-state index in [1.165, 1.54) is 0 Å². The third-order valence-corrected chi connectivity index (χ3v) is 6.12. The summed E-state index contributed by atoms with van der Waals surface area (Å²) in [6, 6.07) is 31.8. The number of benzene rings is 4. The van der Waals surface area contributed by atoms with Gasteiger partial charge in [-0.15, -0.1) is 0 Å². The summed E-state index contributed by atoms with van der Waals surface area (Å²) < 4.78 is 9.64. The second kappa shape index (κ2) is 17.4. The molecule has 0 atom stereocenters. The quantitative estimate of drug-likeness (QED) is 0.0611. The first-order valence-corrected chi connectivity index (χ1v) is 13.8. The predicted octanol–water partition coefficient (Wildman–Crippen LogP) is 7.20. The van der Waals surface area contributed by atoms with E-state index >= 15 is 0 Å². The van der Waals surface area contributed by atoms with Gasteiger partial charge in [0.15, 0.2) is 0 Å². The van der Waals surface area contributed by atoms with Gasteiger partial charge in [-0.1, -0.05) is 97.1 Å². The Kier molecular flexibility index (Phi) is 12.5. The Morgan fingerprint density at radius 3 is 1.22 bits per heavy atom. The topological polar surface area (TPSA) is 142 Å². The molecule has 0 spiro atoms. The van der Waals surface area contributed by atoms with E-state index in [2.05, 4.69) is 29.6 Å². The van der Waals surface area contributed by atoms with Crippen LogP contribution in [-0.2, 0) is 39.1 Å². The van der Waals surface area contributed by atoms with Crippen LogP contribution in [-0.4, -0.2) is 37.5 Å². The number of unbranched alkanes of at least 4 members (excludes halogenated alkanes) is 2. The lowest BCUT2D eigenvalue weighted by Gasteiger charge is -2.08. The summed E-state index contributed by atoms with van der Waals surface area (Å²) in [7, 11) is 0. The van der Waals surface area contributed by atoms with Gasteiger partial charge in [-0.05, 0) is 53.6 Å². The minimum Gasteiger partial charge on any atom is -0.432 e. The molecule has 0 amide bonds. The van der Waals surface area contributed by atoms with E-state index in [9.17, 15) is 19.2 Å². The van der Waals surface area contributed by atoms with Crippen LogP contribution < -0.4 is 0 Å². The SMILES string of the molecule is O=C(OCCCCCOC(=O)OOOC(=O)c1ccccc1-c1ccccc1)OOOC(=O)c1ccccc1-c1ccccc1. The van der Waals surface area contributed by atoms with Crippen LogP contribution >= 0.6 is 0 Å². The van der Waals surface area contributed by atoms with Gasteiger partial charge in [0.25, 0.3) is 0 Å². The van der Waals surface area contributed by atoms with E-state index in [-0.39, 0.29) is 24.3 Å². The highest BCUT2D eigenvalue weighted by Crippen LogP contribution is 2.25. The van der Waals surface area contributed by atoms with Crippen LogP contribution in [0.15, 0.2) is 109 Å². The third kappa shape index (κ3) is 10.2. The van der Waals surface area contributed by atoms with Crippen LogP contribution in [0.25, 0.3) is 22.3 Å². The second-order valence-corrected chi connectivity index (χ2v) is 9.13. The lowest BCUT2D eigenvalue weighted by molar-refractivity contribution is -0.452. The van der Waals surface area contributed by atoms with Gasteiger partial charge in [0, 0.05) is 0 Å². The Morgan fingerprint density at radius 2 is 0.800 bits per heavy atom. The molecule has 0 aliphatic heterocycles. The van der Waals surface area contributed by atoms with Gasteiger partial charge in [-0.3, -0.25) is 9.78 Å². The largest absolute Gasteiger partial charge is 0.543 e. The van der Waals surface area contributed by atoms with E-state index in [1.807, 2.05) is 60.7 Å². The van der Waals surface area contributed by atoms with Crippen molar-refractivity contribution in [3.63, 3.8) is 0 Å². The summed E-state index contributed by atoms with van der Waals surface area (Å²) in [5.41, 5.74) is 3.24. The Labute approximate surface area is 257 Å². The van der Waals surface area contributed by atoms with Crippen molar-refractivity contribution >= 4 is 24.2 Å². The van der Waals surface area contributed by atoms with Crippen LogP contribution in [0.2, 0.25) is 0 Å². The predicted molar refractivity (Wildman–Crippen MR) is 155 cm³/mol. The lowest BCUT2D eigenvalue weighted by atomic mass is 10.00. The summed E-state index contributed by atoms with van der Waals surface area (Å²) in [6.07, 6.45) is -1.13. The zero-order valence-electron chi connectivity index (χ0n) is 23.8. The summed E-state index contributed by atoms with van der Waals surface area (Å²) in [4.78, 5) is 65.8. The van der Waals surface area contributed by atoms with Crippen LogP contribution in [0.1, 0.15) is 40.0 Å². The van der Waals surface area contributed by atoms with E-state index in [0.29, 0.717) is 30.4 Å². The zero-order chi connectivity index (χ0) is 31.7. The van der Waals surface area contributed by atoms with Gasteiger partial charge >= 0.3 is 24.2 Å². The molecule has 0 N–H and O–H groups in total. The maximum absolute atomic E-state index is 12.4. The molecule has 4 rings (SSSR count). The monoisotopic (exact) mass is 616 g/mol. The number of carbonyl (C=O) groups excluding carboxylic acids is 4. The van der Waals surface area contributed by atoms with Crippen LogP contribution in [0.5, 0.6) is 0 Å². The molecule has 0 saturated heterocycles. The fourth-order valence-corrected chi connectivity index (χ4v) is 4.04. The summed E-state index contributed by atoms with van der Waals surface area (Å²) in [5.74, 6) is -1.73. The fraction of sp³-hybridized carbons (Fsp3) is 0.152. The lowest BCUT2D eigenvalue weighted by Crippen LogP contribution is -2.14. The number of hydrogen-bond donors (Lipinski definition) is 0. The summed E-state index contributed by atoms with van der Waals surface area (Å²) in [6.45, 7) is -0.0815. The molecule has 0 radical (unpaired) electrons. The first-order valence-electron chi connectivity index (χ1n) is 13.8. The summed E-state index contributed by atoms with van der Waals surface area (Å²) in [5, 5.41) is 8.57. The van der Waals surface area contributed by atoms with Crippen molar-refractivity contribution in [3.05, 3.63) is 120 Å². The van der Waals surface area contributed by atoms with Gasteiger partial charge in [0.2, 0.25) is 0 Å². The van der Waals surface area contributed by atoms with Crippen molar-refractivity contribution in [2.75, 3.05) is 13.2 Å². The minimum absolute atomic E-state index is 0.0407. The van der Waals surface area contributed by atoms with Crippen molar-refractivity contribution in [2.24, 2.45) is 0 Å². The highest BCUT2D eigenvalue weighted by Gasteiger charge is 2.18. The molecule has 232 valence electrons. The Balaban J connectivity index is 1.03. The molecule has 0 saturated carbocycles. The molecule has 0 heterocycles. The average molecular weight is 617 g/mol. The first-order chi connectivity index (χ1) is 22.0. The Morgan fingerprint density at radius 1 is 0.422 bits per heavy atom. The zero-order valence-corrected chi connectivity index (χ0v) is 23.8. The van der Waals surface area contributed by atoms with Gasteiger partial charge < -0.3 is 9.47 Å². The molecule has 12 nitrogen and oxygen atoms in total. The number of ether oxygens (including phenoxy) is 2. The Hall–Kier alpha value is -5.72. The molecule has 0 fully saturated rings. The Bertz CT molecular complexity index is 1440. The number of rotatable bonds is 14. The molecule has 0 aliphatic rings. The molecule has 4 aromatic carbocycles. The maximum atomic E-state index is 12.4. The third-order valence-electron chi connectivity index (χ3n) is 6.12. The van der Waals surface area contributed by atoms with Gasteiger partial charge in [-0.25, -0.2) is 29.0 Å². The standard InChI is InChI=1S/C33H28O12/c34-30(28-20-10-8-18-26(28)24-14-4-1-5-15-24)40-44-42-32(36)38-22-12-3-13-23-39-33(37)43-45-41-31(35)29-21-11-9-19-27(29)25-16-6-2-7-17-25/h1-2,4-11,14-21H,3,12-13,22-23H2. The highest BCUT2D eigenvalue weighted by molar-refractivity contribution is 5.97. The normalized spacial score (nSPS) is 10.3. The molecular weight excluding hydrogens is 588 g/mol. The molecule has 0 unspecified atom stereocenters.